The molecule has 2 unspecified atom stereocenters. The summed E-state index contributed by atoms with van der Waals surface area (Å²) in [5.74, 6) is 2.26. The zero-order valence-electron chi connectivity index (χ0n) is 11.7. The van der Waals surface area contributed by atoms with E-state index in [1.807, 2.05) is 20.2 Å². The highest BCUT2D eigenvalue weighted by atomic mass is 15.2. The first kappa shape index (κ1) is 13.1. The van der Waals surface area contributed by atoms with Gasteiger partial charge in [-0.2, -0.15) is 4.98 Å². The third-order valence-corrected chi connectivity index (χ3v) is 3.63. The molecule has 1 aromatic heterocycles. The number of hydrogen-bond donors (Lipinski definition) is 2. The van der Waals surface area contributed by atoms with Gasteiger partial charge in [-0.3, -0.25) is 0 Å². The second-order valence-corrected chi connectivity index (χ2v) is 5.25. The fraction of sp³-hybridized carbons (Fsp3) is 0.692. The van der Waals surface area contributed by atoms with Gasteiger partial charge in [0, 0.05) is 31.4 Å². The van der Waals surface area contributed by atoms with Crippen LogP contribution in [-0.4, -0.2) is 48.1 Å². The maximum atomic E-state index is 4.49. The molecule has 1 saturated heterocycles. The number of piperidine rings is 1. The molecule has 1 aliphatic rings. The van der Waals surface area contributed by atoms with Gasteiger partial charge < -0.3 is 15.5 Å². The number of likely N-dealkylation sites (tertiary alicyclic amines) is 1. The molecule has 2 atom stereocenters. The summed E-state index contributed by atoms with van der Waals surface area (Å²) < 4.78 is 0. The van der Waals surface area contributed by atoms with Gasteiger partial charge in [0.2, 0.25) is 5.95 Å². The molecule has 1 fully saturated rings. The van der Waals surface area contributed by atoms with Crippen LogP contribution in [-0.2, 0) is 0 Å². The SMILES string of the molecule is CNc1ncc(C)c(NC2CCN(C)CC2C)n1. The topological polar surface area (TPSA) is 53.1 Å². The van der Waals surface area contributed by atoms with Crippen molar-refractivity contribution in [1.29, 1.82) is 0 Å². The van der Waals surface area contributed by atoms with Crippen LogP contribution in [0.4, 0.5) is 11.8 Å². The minimum Gasteiger partial charge on any atom is -0.367 e. The smallest absolute Gasteiger partial charge is 0.224 e. The summed E-state index contributed by atoms with van der Waals surface area (Å²) in [4.78, 5) is 11.1. The molecule has 18 heavy (non-hydrogen) atoms. The van der Waals surface area contributed by atoms with E-state index in [4.69, 9.17) is 0 Å². The van der Waals surface area contributed by atoms with E-state index in [-0.39, 0.29) is 0 Å². The van der Waals surface area contributed by atoms with E-state index in [1.54, 1.807) is 0 Å². The van der Waals surface area contributed by atoms with E-state index in [0.29, 0.717) is 17.9 Å². The van der Waals surface area contributed by atoms with Crippen LogP contribution >= 0.6 is 0 Å². The van der Waals surface area contributed by atoms with Gasteiger partial charge in [0.1, 0.15) is 5.82 Å². The van der Waals surface area contributed by atoms with Crippen molar-refractivity contribution in [3.63, 3.8) is 0 Å². The first-order chi connectivity index (χ1) is 8.60. The second kappa shape index (κ2) is 5.52. The quantitative estimate of drug-likeness (QED) is 0.852. The molecule has 0 spiro atoms. The Bertz CT molecular complexity index is 406. The molecule has 0 saturated carbocycles. The maximum absolute atomic E-state index is 4.49. The molecule has 0 radical (unpaired) electrons. The number of nitrogens with one attached hydrogen (secondary N) is 2. The average Bonchev–Trinajstić information content (AvgIpc) is 2.35. The number of hydrogen-bond acceptors (Lipinski definition) is 5. The predicted molar refractivity (Wildman–Crippen MR) is 75.0 cm³/mol. The summed E-state index contributed by atoms with van der Waals surface area (Å²) >= 11 is 0. The summed E-state index contributed by atoms with van der Waals surface area (Å²) in [6.07, 6.45) is 3.02. The number of aryl methyl sites for hydroxylation is 1. The summed E-state index contributed by atoms with van der Waals surface area (Å²) in [6, 6.07) is 0.500. The van der Waals surface area contributed by atoms with Gasteiger partial charge in [0.15, 0.2) is 0 Å². The molecule has 1 aliphatic heterocycles. The lowest BCUT2D eigenvalue weighted by Gasteiger charge is -2.35. The van der Waals surface area contributed by atoms with E-state index >= 15 is 0 Å². The van der Waals surface area contributed by atoms with Gasteiger partial charge >= 0.3 is 0 Å². The van der Waals surface area contributed by atoms with Gasteiger partial charge in [0.05, 0.1) is 0 Å². The summed E-state index contributed by atoms with van der Waals surface area (Å²) in [7, 11) is 4.02. The predicted octanol–water partition coefficient (Wildman–Crippen LogP) is 1.58. The normalized spacial score (nSPS) is 24.9. The van der Waals surface area contributed by atoms with Crippen molar-refractivity contribution in [2.45, 2.75) is 26.3 Å². The van der Waals surface area contributed by atoms with Gasteiger partial charge in [0.25, 0.3) is 0 Å². The van der Waals surface area contributed by atoms with Crippen LogP contribution in [0.25, 0.3) is 0 Å². The third-order valence-electron chi connectivity index (χ3n) is 3.63. The Labute approximate surface area is 109 Å². The molecule has 2 heterocycles. The van der Waals surface area contributed by atoms with Crippen LogP contribution in [0.1, 0.15) is 18.9 Å². The van der Waals surface area contributed by atoms with E-state index in [0.717, 1.165) is 30.9 Å². The Balaban J connectivity index is 2.08. The molecule has 0 aromatic carbocycles. The van der Waals surface area contributed by atoms with Crippen molar-refractivity contribution in [2.24, 2.45) is 5.92 Å². The minimum absolute atomic E-state index is 0.500. The highest BCUT2D eigenvalue weighted by Crippen LogP contribution is 2.21. The highest BCUT2D eigenvalue weighted by molar-refractivity contribution is 5.47. The molecule has 0 bridgehead atoms. The Morgan fingerprint density at radius 1 is 1.44 bits per heavy atom. The fourth-order valence-electron chi connectivity index (χ4n) is 2.45. The van der Waals surface area contributed by atoms with E-state index in [9.17, 15) is 0 Å². The number of nitrogens with zero attached hydrogens (tertiary/aromatic N) is 3. The molecule has 2 N–H and O–H groups in total. The fourth-order valence-corrected chi connectivity index (χ4v) is 2.45. The van der Waals surface area contributed by atoms with Crippen LogP contribution in [0.3, 0.4) is 0 Å². The highest BCUT2D eigenvalue weighted by Gasteiger charge is 2.24. The molecule has 5 heteroatoms. The Morgan fingerprint density at radius 2 is 2.22 bits per heavy atom. The zero-order valence-corrected chi connectivity index (χ0v) is 11.7. The minimum atomic E-state index is 0.500. The van der Waals surface area contributed by atoms with E-state index in [1.165, 1.54) is 0 Å². The molecule has 5 nitrogen and oxygen atoms in total. The monoisotopic (exact) mass is 249 g/mol. The zero-order chi connectivity index (χ0) is 13.1. The lowest BCUT2D eigenvalue weighted by Crippen LogP contribution is -2.43. The largest absolute Gasteiger partial charge is 0.367 e. The molecule has 1 aromatic rings. The maximum Gasteiger partial charge on any atom is 0.224 e. The summed E-state index contributed by atoms with van der Waals surface area (Å²) in [6.45, 7) is 6.62. The first-order valence-corrected chi connectivity index (χ1v) is 6.56. The Kier molecular flexibility index (Phi) is 4.01. The van der Waals surface area contributed by atoms with Crippen molar-refractivity contribution in [3.8, 4) is 0 Å². The van der Waals surface area contributed by atoms with E-state index in [2.05, 4.69) is 39.5 Å². The lowest BCUT2D eigenvalue weighted by molar-refractivity contribution is 0.206. The number of rotatable bonds is 3. The van der Waals surface area contributed by atoms with Crippen LogP contribution < -0.4 is 10.6 Å². The average molecular weight is 249 g/mol. The molecule has 2 rings (SSSR count). The van der Waals surface area contributed by atoms with Gasteiger partial charge in [-0.1, -0.05) is 6.92 Å². The number of aromatic nitrogens is 2. The Morgan fingerprint density at radius 3 is 2.89 bits per heavy atom. The third kappa shape index (κ3) is 2.90. The molecular weight excluding hydrogens is 226 g/mol. The van der Waals surface area contributed by atoms with Crippen molar-refractivity contribution < 1.29 is 0 Å². The Hall–Kier alpha value is -1.36. The lowest BCUT2D eigenvalue weighted by atomic mass is 9.94. The van der Waals surface area contributed by atoms with Gasteiger partial charge in [-0.15, -0.1) is 0 Å². The van der Waals surface area contributed by atoms with E-state index < -0.39 is 0 Å². The standard InChI is InChI=1S/C13H23N5/c1-9-7-15-13(14-3)17-12(9)16-11-5-6-18(4)8-10(11)2/h7,10-11H,5-6,8H2,1-4H3,(H2,14,15,16,17). The summed E-state index contributed by atoms with van der Waals surface area (Å²) in [5.41, 5.74) is 1.10. The van der Waals surface area contributed by atoms with Crippen LogP contribution in [0, 0.1) is 12.8 Å². The molecular formula is C13H23N5. The van der Waals surface area contributed by atoms with Crippen molar-refractivity contribution >= 4 is 11.8 Å². The van der Waals surface area contributed by atoms with Gasteiger partial charge in [-0.05, 0) is 32.9 Å². The van der Waals surface area contributed by atoms with Crippen molar-refractivity contribution in [2.75, 3.05) is 37.8 Å². The number of anilines is 2. The molecule has 0 aliphatic carbocycles. The molecule has 100 valence electrons. The second-order valence-electron chi connectivity index (χ2n) is 5.25. The van der Waals surface area contributed by atoms with Crippen molar-refractivity contribution in [3.05, 3.63) is 11.8 Å². The van der Waals surface area contributed by atoms with Crippen LogP contribution in [0.15, 0.2) is 6.20 Å². The molecule has 0 amide bonds. The summed E-state index contributed by atoms with van der Waals surface area (Å²) in [5, 5.41) is 6.56. The van der Waals surface area contributed by atoms with Crippen molar-refractivity contribution in [1.82, 2.24) is 14.9 Å². The first-order valence-electron chi connectivity index (χ1n) is 6.56. The van der Waals surface area contributed by atoms with Crippen LogP contribution in [0.2, 0.25) is 0 Å². The van der Waals surface area contributed by atoms with Crippen LogP contribution in [0.5, 0.6) is 0 Å². The van der Waals surface area contributed by atoms with Gasteiger partial charge in [-0.25, -0.2) is 4.98 Å².